The minimum Gasteiger partial charge on any atom is -0.356 e. The topological polar surface area (TPSA) is 45.2 Å². The molecule has 1 fully saturated rings. The molecule has 1 saturated heterocycles. The van der Waals surface area contributed by atoms with Crippen molar-refractivity contribution in [1.29, 1.82) is 0 Å². The van der Waals surface area contributed by atoms with Gasteiger partial charge in [-0.05, 0) is 43.2 Å². The van der Waals surface area contributed by atoms with E-state index in [0.29, 0.717) is 42.3 Å². The molecule has 1 aromatic heterocycles. The molecule has 9 heteroatoms. The molecule has 0 spiro atoms. The molecule has 0 atom stereocenters. The van der Waals surface area contributed by atoms with Crippen LogP contribution in [0.4, 0.5) is 19.0 Å². The number of carbonyl (C=O) groups excluding carboxylic acids is 1. The first kappa shape index (κ1) is 19.9. The first-order valence-electron chi connectivity index (χ1n) is 8.28. The molecule has 3 rings (SSSR count). The number of nitrogens with one attached hydrogen (secondary N) is 1. The molecule has 2 aromatic rings. The minimum absolute atomic E-state index is 0.0251. The van der Waals surface area contributed by atoms with Gasteiger partial charge in [-0.25, -0.2) is 4.98 Å². The van der Waals surface area contributed by atoms with Crippen LogP contribution in [0.15, 0.2) is 41.0 Å². The molecule has 2 heterocycles. The van der Waals surface area contributed by atoms with E-state index in [9.17, 15) is 18.0 Å². The second kappa shape index (κ2) is 8.06. The van der Waals surface area contributed by atoms with Crippen LogP contribution in [0.2, 0.25) is 5.02 Å². The zero-order valence-electron chi connectivity index (χ0n) is 14.1. The van der Waals surface area contributed by atoms with Crippen molar-refractivity contribution in [3.05, 3.63) is 57.2 Å². The number of benzene rings is 1. The Morgan fingerprint density at radius 2 is 1.93 bits per heavy atom. The summed E-state index contributed by atoms with van der Waals surface area (Å²) in [7, 11) is 0. The number of hydrogen-bond acceptors (Lipinski definition) is 3. The maximum absolute atomic E-state index is 12.6. The Labute approximate surface area is 167 Å². The van der Waals surface area contributed by atoms with Crippen molar-refractivity contribution in [3.63, 3.8) is 0 Å². The third-order valence-electron chi connectivity index (χ3n) is 4.41. The number of nitrogens with zero attached hydrogens (tertiary/aromatic N) is 2. The average molecular weight is 463 g/mol. The van der Waals surface area contributed by atoms with Gasteiger partial charge in [-0.15, -0.1) is 0 Å². The van der Waals surface area contributed by atoms with E-state index in [-0.39, 0.29) is 11.9 Å². The third-order valence-corrected chi connectivity index (χ3v) is 5.21. The number of alkyl halides is 3. The van der Waals surface area contributed by atoms with Crippen molar-refractivity contribution in [2.45, 2.75) is 25.1 Å². The highest BCUT2D eigenvalue weighted by Gasteiger charge is 2.31. The lowest BCUT2D eigenvalue weighted by Crippen LogP contribution is -2.45. The summed E-state index contributed by atoms with van der Waals surface area (Å²) in [6, 6.07) is 7.45. The zero-order chi connectivity index (χ0) is 19.6. The summed E-state index contributed by atoms with van der Waals surface area (Å²) < 4.78 is 38.7. The lowest BCUT2D eigenvalue weighted by molar-refractivity contribution is -0.137. The molecule has 0 unspecified atom stereocenters. The van der Waals surface area contributed by atoms with Gasteiger partial charge < -0.3 is 10.2 Å². The average Bonchev–Trinajstić information content (AvgIpc) is 2.61. The van der Waals surface area contributed by atoms with Crippen molar-refractivity contribution >= 4 is 39.3 Å². The summed E-state index contributed by atoms with van der Waals surface area (Å²) in [5, 5.41) is 3.33. The van der Waals surface area contributed by atoms with E-state index >= 15 is 0 Å². The van der Waals surface area contributed by atoms with Gasteiger partial charge >= 0.3 is 6.18 Å². The number of aromatic nitrogens is 1. The summed E-state index contributed by atoms with van der Waals surface area (Å²) >= 11 is 9.40. The number of rotatable bonds is 3. The lowest BCUT2D eigenvalue weighted by atomic mass is 10.0. The Hall–Kier alpha value is -1.80. The number of pyridine rings is 1. The SMILES string of the molecule is O=C(NC1CCN(c2ccc(C(F)(F)F)cn2)CC1)c1ccc(Br)cc1Cl. The molecule has 4 nitrogen and oxygen atoms in total. The second-order valence-corrected chi connectivity index (χ2v) is 7.58. The van der Waals surface area contributed by atoms with Gasteiger partial charge in [0.1, 0.15) is 5.82 Å². The second-order valence-electron chi connectivity index (χ2n) is 6.26. The fourth-order valence-electron chi connectivity index (χ4n) is 2.93. The van der Waals surface area contributed by atoms with Crippen LogP contribution >= 0.6 is 27.5 Å². The predicted octanol–water partition coefficient (Wildman–Crippen LogP) is 4.92. The maximum Gasteiger partial charge on any atom is 0.417 e. The van der Waals surface area contributed by atoms with Gasteiger partial charge in [0.15, 0.2) is 0 Å². The summed E-state index contributed by atoms with van der Waals surface area (Å²) in [5.41, 5.74) is -0.355. The van der Waals surface area contributed by atoms with E-state index < -0.39 is 11.7 Å². The third kappa shape index (κ3) is 4.93. The molecular formula is C18H16BrClF3N3O. The van der Waals surface area contributed by atoms with Gasteiger partial charge in [0.05, 0.1) is 16.1 Å². The van der Waals surface area contributed by atoms with Crippen molar-refractivity contribution in [2.75, 3.05) is 18.0 Å². The van der Waals surface area contributed by atoms with Gasteiger partial charge in [-0.1, -0.05) is 27.5 Å². The molecule has 27 heavy (non-hydrogen) atoms. The molecule has 0 aliphatic carbocycles. The minimum atomic E-state index is -4.39. The molecular weight excluding hydrogens is 447 g/mol. The number of hydrogen-bond donors (Lipinski definition) is 1. The van der Waals surface area contributed by atoms with Crippen LogP contribution in [0.1, 0.15) is 28.8 Å². The first-order chi connectivity index (χ1) is 12.7. The molecule has 144 valence electrons. The van der Waals surface area contributed by atoms with Crippen LogP contribution in [-0.4, -0.2) is 30.0 Å². The Kier molecular flexibility index (Phi) is 5.95. The van der Waals surface area contributed by atoms with Gasteiger partial charge in [0, 0.05) is 29.8 Å². The van der Waals surface area contributed by atoms with Crippen LogP contribution in [0.5, 0.6) is 0 Å². The molecule has 1 aromatic carbocycles. The standard InChI is InChI=1S/C18H16BrClF3N3O/c19-12-2-3-14(15(20)9-12)17(27)25-13-5-7-26(8-6-13)16-4-1-11(10-24-16)18(21,22)23/h1-4,9-10,13H,5-8H2,(H,25,27). The van der Waals surface area contributed by atoms with Gasteiger partial charge in [-0.2, -0.15) is 13.2 Å². The predicted molar refractivity (Wildman–Crippen MR) is 101 cm³/mol. The highest BCUT2D eigenvalue weighted by molar-refractivity contribution is 9.10. The van der Waals surface area contributed by atoms with Crippen LogP contribution in [0.3, 0.4) is 0 Å². The lowest BCUT2D eigenvalue weighted by Gasteiger charge is -2.33. The Morgan fingerprint density at radius 3 is 2.48 bits per heavy atom. The Balaban J connectivity index is 1.56. The Morgan fingerprint density at radius 1 is 1.22 bits per heavy atom. The number of anilines is 1. The van der Waals surface area contributed by atoms with Crippen molar-refractivity contribution in [1.82, 2.24) is 10.3 Å². The number of piperidine rings is 1. The molecule has 1 N–H and O–H groups in total. The van der Waals surface area contributed by atoms with E-state index in [1.807, 2.05) is 4.90 Å². The van der Waals surface area contributed by atoms with Gasteiger partial charge in [0.2, 0.25) is 0 Å². The van der Waals surface area contributed by atoms with E-state index in [2.05, 4.69) is 26.2 Å². The van der Waals surface area contributed by atoms with Crippen LogP contribution in [0, 0.1) is 0 Å². The van der Waals surface area contributed by atoms with Crippen LogP contribution in [-0.2, 0) is 6.18 Å². The molecule has 1 aliphatic rings. The normalized spacial score (nSPS) is 15.7. The monoisotopic (exact) mass is 461 g/mol. The highest BCUT2D eigenvalue weighted by atomic mass is 79.9. The largest absolute Gasteiger partial charge is 0.417 e. The van der Waals surface area contributed by atoms with E-state index in [1.54, 1.807) is 18.2 Å². The molecule has 1 aliphatic heterocycles. The smallest absolute Gasteiger partial charge is 0.356 e. The fourth-order valence-corrected chi connectivity index (χ4v) is 3.69. The van der Waals surface area contributed by atoms with E-state index in [4.69, 9.17) is 11.6 Å². The van der Waals surface area contributed by atoms with Crippen molar-refractivity contribution < 1.29 is 18.0 Å². The molecule has 0 bridgehead atoms. The summed E-state index contributed by atoms with van der Waals surface area (Å²) in [6.45, 7) is 1.19. The van der Waals surface area contributed by atoms with Crippen LogP contribution in [0.25, 0.3) is 0 Å². The fraction of sp³-hybridized carbons (Fsp3) is 0.333. The zero-order valence-corrected chi connectivity index (χ0v) is 16.4. The summed E-state index contributed by atoms with van der Waals surface area (Å²) in [4.78, 5) is 18.2. The molecule has 1 amide bonds. The molecule has 0 saturated carbocycles. The van der Waals surface area contributed by atoms with Gasteiger partial charge in [0.25, 0.3) is 5.91 Å². The number of carbonyl (C=O) groups is 1. The van der Waals surface area contributed by atoms with E-state index in [0.717, 1.165) is 16.7 Å². The van der Waals surface area contributed by atoms with E-state index in [1.165, 1.54) is 6.07 Å². The Bertz CT molecular complexity index is 822. The van der Waals surface area contributed by atoms with Gasteiger partial charge in [-0.3, -0.25) is 4.79 Å². The number of amides is 1. The van der Waals surface area contributed by atoms with Crippen molar-refractivity contribution in [3.8, 4) is 0 Å². The van der Waals surface area contributed by atoms with Crippen molar-refractivity contribution in [2.24, 2.45) is 0 Å². The summed E-state index contributed by atoms with van der Waals surface area (Å²) in [6.07, 6.45) is -2.21. The first-order valence-corrected chi connectivity index (χ1v) is 9.45. The molecule has 0 radical (unpaired) electrons. The highest BCUT2D eigenvalue weighted by Crippen LogP contribution is 2.30. The maximum atomic E-state index is 12.6. The van der Waals surface area contributed by atoms with Crippen LogP contribution < -0.4 is 10.2 Å². The number of halogens is 5. The quantitative estimate of drug-likeness (QED) is 0.705. The summed E-state index contributed by atoms with van der Waals surface area (Å²) in [5.74, 6) is 0.266.